The predicted molar refractivity (Wildman–Crippen MR) is 162 cm³/mol. The molecular formula is C29H25IN4O8. The molecule has 42 heavy (non-hydrogen) atoms. The SMILES string of the molecule is CCOc1cc(/C=C2/C(=O)NC(=O)N(c3cccc([N+](=O)[O-])c3)C2=O)cc(I)c1OCC(=O)Nc1ccc(C)c(C)c1. The summed E-state index contributed by atoms with van der Waals surface area (Å²) in [6.45, 7) is 5.64. The number of nitrogens with one attached hydrogen (secondary N) is 2. The maximum absolute atomic E-state index is 13.3. The molecular weight excluding hydrogens is 659 g/mol. The molecule has 0 unspecified atom stereocenters. The molecule has 13 heteroatoms. The molecule has 3 aromatic carbocycles. The molecule has 0 aliphatic carbocycles. The highest BCUT2D eigenvalue weighted by Gasteiger charge is 2.37. The fourth-order valence-electron chi connectivity index (χ4n) is 4.03. The molecule has 0 spiro atoms. The van der Waals surface area contributed by atoms with E-state index in [-0.39, 0.29) is 41.8 Å². The highest BCUT2D eigenvalue weighted by Crippen LogP contribution is 2.35. The third-order valence-electron chi connectivity index (χ3n) is 6.18. The molecule has 0 aromatic heterocycles. The van der Waals surface area contributed by atoms with Gasteiger partial charge in [-0.05, 0) is 96.5 Å². The van der Waals surface area contributed by atoms with Gasteiger partial charge < -0.3 is 14.8 Å². The van der Waals surface area contributed by atoms with E-state index in [0.717, 1.165) is 17.2 Å². The van der Waals surface area contributed by atoms with Gasteiger partial charge in [-0.1, -0.05) is 12.1 Å². The van der Waals surface area contributed by atoms with Crippen molar-refractivity contribution in [3.8, 4) is 11.5 Å². The van der Waals surface area contributed by atoms with Crippen LogP contribution in [0.4, 0.5) is 21.9 Å². The Morgan fingerprint density at radius 1 is 1.07 bits per heavy atom. The van der Waals surface area contributed by atoms with E-state index < -0.39 is 22.8 Å². The van der Waals surface area contributed by atoms with Crippen molar-refractivity contribution in [2.24, 2.45) is 0 Å². The Hall–Kier alpha value is -4.79. The maximum atomic E-state index is 13.3. The van der Waals surface area contributed by atoms with E-state index in [9.17, 15) is 29.3 Å². The topological polar surface area (TPSA) is 157 Å². The molecule has 1 aliphatic rings. The van der Waals surface area contributed by atoms with Crippen molar-refractivity contribution in [3.05, 3.63) is 90.5 Å². The van der Waals surface area contributed by atoms with Gasteiger partial charge >= 0.3 is 6.03 Å². The van der Waals surface area contributed by atoms with Gasteiger partial charge in [0.25, 0.3) is 23.4 Å². The number of hydrogen-bond donors (Lipinski definition) is 2. The van der Waals surface area contributed by atoms with Crippen LogP contribution in [0.3, 0.4) is 0 Å². The number of anilines is 2. The molecule has 1 fully saturated rings. The number of amides is 5. The number of non-ortho nitro benzene ring substituents is 1. The van der Waals surface area contributed by atoms with Gasteiger partial charge in [0.2, 0.25) is 0 Å². The van der Waals surface area contributed by atoms with Crippen LogP contribution in [-0.2, 0) is 14.4 Å². The van der Waals surface area contributed by atoms with Crippen molar-refractivity contribution in [1.29, 1.82) is 0 Å². The van der Waals surface area contributed by atoms with E-state index in [1.54, 1.807) is 19.1 Å². The Morgan fingerprint density at radius 3 is 2.52 bits per heavy atom. The summed E-state index contributed by atoms with van der Waals surface area (Å²) in [7, 11) is 0. The van der Waals surface area contributed by atoms with Gasteiger partial charge in [0.05, 0.1) is 20.8 Å². The Kier molecular flexibility index (Phi) is 9.20. The zero-order valence-corrected chi connectivity index (χ0v) is 24.9. The molecule has 0 bridgehead atoms. The number of benzene rings is 3. The lowest BCUT2D eigenvalue weighted by molar-refractivity contribution is -0.384. The number of aryl methyl sites for hydroxylation is 2. The van der Waals surface area contributed by atoms with Crippen LogP contribution < -0.4 is 25.0 Å². The number of rotatable bonds is 9. The van der Waals surface area contributed by atoms with Gasteiger partial charge in [-0.3, -0.25) is 29.8 Å². The second-order valence-electron chi connectivity index (χ2n) is 9.13. The number of imide groups is 2. The average Bonchev–Trinajstić information content (AvgIpc) is 2.93. The number of barbiturate groups is 1. The summed E-state index contributed by atoms with van der Waals surface area (Å²) in [5.41, 5.74) is 2.38. The first-order chi connectivity index (χ1) is 20.0. The third kappa shape index (κ3) is 6.74. The summed E-state index contributed by atoms with van der Waals surface area (Å²) in [5.74, 6) is -1.70. The van der Waals surface area contributed by atoms with Crippen molar-refractivity contribution in [2.75, 3.05) is 23.4 Å². The van der Waals surface area contributed by atoms with E-state index in [1.165, 1.54) is 30.3 Å². The fraction of sp³-hybridized carbons (Fsp3) is 0.172. The van der Waals surface area contributed by atoms with Gasteiger partial charge in [0.15, 0.2) is 18.1 Å². The second kappa shape index (κ2) is 12.8. The molecule has 4 rings (SSSR count). The minimum Gasteiger partial charge on any atom is -0.490 e. The van der Waals surface area contributed by atoms with Gasteiger partial charge in [-0.25, -0.2) is 9.69 Å². The number of ether oxygens (including phenoxy) is 2. The Bertz CT molecular complexity index is 1650. The largest absolute Gasteiger partial charge is 0.490 e. The number of carbonyl (C=O) groups excluding carboxylic acids is 4. The quantitative estimate of drug-likeness (QED) is 0.106. The van der Waals surface area contributed by atoms with Crippen LogP contribution in [0.15, 0.2) is 60.2 Å². The molecule has 0 radical (unpaired) electrons. The van der Waals surface area contributed by atoms with Crippen LogP contribution in [0.5, 0.6) is 11.5 Å². The minimum atomic E-state index is -1.03. The van der Waals surface area contributed by atoms with Crippen LogP contribution >= 0.6 is 22.6 Å². The van der Waals surface area contributed by atoms with Crippen LogP contribution in [0, 0.1) is 27.5 Å². The van der Waals surface area contributed by atoms with E-state index >= 15 is 0 Å². The zero-order chi connectivity index (χ0) is 30.6. The molecule has 216 valence electrons. The highest BCUT2D eigenvalue weighted by molar-refractivity contribution is 14.1. The van der Waals surface area contributed by atoms with Crippen molar-refractivity contribution in [3.63, 3.8) is 0 Å². The molecule has 5 amide bonds. The van der Waals surface area contributed by atoms with Crippen LogP contribution in [0.2, 0.25) is 0 Å². The lowest BCUT2D eigenvalue weighted by Crippen LogP contribution is -2.54. The summed E-state index contributed by atoms with van der Waals surface area (Å²) < 4.78 is 12.0. The van der Waals surface area contributed by atoms with Gasteiger partial charge in [-0.15, -0.1) is 0 Å². The number of urea groups is 1. The Balaban J connectivity index is 1.59. The Morgan fingerprint density at radius 2 is 1.83 bits per heavy atom. The summed E-state index contributed by atoms with van der Waals surface area (Å²) in [5, 5.41) is 16.1. The van der Waals surface area contributed by atoms with Crippen LogP contribution in [-0.4, -0.2) is 41.9 Å². The number of nitro benzene ring substituents is 1. The standard InChI is InChI=1S/C29H25IN4O8/c1-4-41-24-13-18(12-23(30)26(24)42-15-25(35)31-19-9-8-16(2)17(3)10-19)11-22-27(36)32-29(38)33(28(22)37)20-6-5-7-21(14-20)34(39)40/h5-14H,4,15H2,1-3H3,(H,31,35)(H,32,36,38)/b22-11-. The van der Waals surface area contributed by atoms with Crippen molar-refractivity contribution in [1.82, 2.24) is 5.32 Å². The van der Waals surface area contributed by atoms with E-state index in [2.05, 4.69) is 10.6 Å². The fourth-order valence-corrected chi connectivity index (χ4v) is 4.81. The van der Waals surface area contributed by atoms with E-state index in [0.29, 0.717) is 25.5 Å². The van der Waals surface area contributed by atoms with Crippen molar-refractivity contribution in [2.45, 2.75) is 20.8 Å². The predicted octanol–water partition coefficient (Wildman–Crippen LogP) is 4.90. The summed E-state index contributed by atoms with van der Waals surface area (Å²) >= 11 is 1.98. The van der Waals surface area contributed by atoms with Crippen LogP contribution in [0.25, 0.3) is 6.08 Å². The van der Waals surface area contributed by atoms with E-state index in [4.69, 9.17) is 9.47 Å². The molecule has 1 heterocycles. The molecule has 1 saturated heterocycles. The molecule has 12 nitrogen and oxygen atoms in total. The summed E-state index contributed by atoms with van der Waals surface area (Å²) in [4.78, 5) is 62.2. The van der Waals surface area contributed by atoms with Crippen LogP contribution in [0.1, 0.15) is 23.6 Å². The molecule has 2 N–H and O–H groups in total. The smallest absolute Gasteiger partial charge is 0.335 e. The summed E-state index contributed by atoms with van der Waals surface area (Å²) in [6, 6.07) is 12.6. The normalized spacial score (nSPS) is 14.0. The second-order valence-corrected chi connectivity index (χ2v) is 10.3. The lowest BCUT2D eigenvalue weighted by atomic mass is 10.1. The number of carbonyl (C=O) groups is 4. The Labute approximate surface area is 254 Å². The minimum absolute atomic E-state index is 0.0718. The first-order valence-electron chi connectivity index (χ1n) is 12.6. The monoisotopic (exact) mass is 684 g/mol. The zero-order valence-electron chi connectivity index (χ0n) is 22.7. The van der Waals surface area contributed by atoms with E-state index in [1.807, 2.05) is 48.6 Å². The first kappa shape index (κ1) is 30.2. The van der Waals surface area contributed by atoms with Gasteiger partial charge in [0.1, 0.15) is 5.57 Å². The highest BCUT2D eigenvalue weighted by atomic mass is 127. The molecule has 0 atom stereocenters. The molecule has 3 aromatic rings. The number of nitro groups is 1. The maximum Gasteiger partial charge on any atom is 0.335 e. The van der Waals surface area contributed by atoms with Crippen molar-refractivity contribution < 1.29 is 33.6 Å². The van der Waals surface area contributed by atoms with Gasteiger partial charge in [-0.2, -0.15) is 0 Å². The lowest BCUT2D eigenvalue weighted by Gasteiger charge is -2.26. The number of nitrogens with zero attached hydrogens (tertiary/aromatic N) is 2. The van der Waals surface area contributed by atoms with Gasteiger partial charge in [0, 0.05) is 17.8 Å². The molecule has 1 aliphatic heterocycles. The van der Waals surface area contributed by atoms with Crippen molar-refractivity contribution >= 4 is 69.5 Å². The molecule has 0 saturated carbocycles. The third-order valence-corrected chi connectivity index (χ3v) is 6.98. The number of hydrogen-bond acceptors (Lipinski definition) is 8. The average molecular weight is 684 g/mol. The first-order valence-corrected chi connectivity index (χ1v) is 13.7. The number of halogens is 1. The summed E-state index contributed by atoms with van der Waals surface area (Å²) in [6.07, 6.45) is 1.27.